The van der Waals surface area contributed by atoms with Crippen LogP contribution in [0.2, 0.25) is 0 Å². The Morgan fingerprint density at radius 2 is 2.00 bits per heavy atom. The van der Waals surface area contributed by atoms with E-state index >= 15 is 0 Å². The number of nitrogens with zero attached hydrogens (tertiary/aromatic N) is 2. The van der Waals surface area contributed by atoms with Crippen molar-refractivity contribution in [3.63, 3.8) is 0 Å². The highest BCUT2D eigenvalue weighted by Gasteiger charge is 2.37. The number of esters is 1. The van der Waals surface area contributed by atoms with E-state index in [0.29, 0.717) is 30.2 Å². The highest BCUT2D eigenvalue weighted by atomic mass is 16.5. The number of hydrogen-bond acceptors (Lipinski definition) is 5. The molecule has 1 amide bonds. The van der Waals surface area contributed by atoms with Crippen LogP contribution in [0.5, 0.6) is 5.75 Å². The number of aryl methyl sites for hydroxylation is 1. The smallest absolute Gasteiger partial charge is 0.311 e. The Bertz CT molecular complexity index is 1010. The summed E-state index contributed by atoms with van der Waals surface area (Å²) in [6.07, 6.45) is 1.81. The van der Waals surface area contributed by atoms with Crippen molar-refractivity contribution in [2.24, 2.45) is 5.92 Å². The predicted octanol–water partition coefficient (Wildman–Crippen LogP) is 3.47. The molecule has 1 aliphatic rings. The van der Waals surface area contributed by atoms with Crippen molar-refractivity contribution in [1.82, 2.24) is 4.57 Å². The number of benzene rings is 1. The zero-order valence-electron chi connectivity index (χ0n) is 18.2. The summed E-state index contributed by atoms with van der Waals surface area (Å²) in [6.45, 7) is 10.3. The van der Waals surface area contributed by atoms with Gasteiger partial charge in [0.1, 0.15) is 5.75 Å². The molecule has 1 aromatic carbocycles. The first-order chi connectivity index (χ1) is 14.9. The number of rotatable bonds is 9. The number of aromatic nitrogens is 1. The van der Waals surface area contributed by atoms with Crippen LogP contribution in [0.3, 0.4) is 0 Å². The van der Waals surface area contributed by atoms with Crippen LogP contribution in [0.1, 0.15) is 35.1 Å². The number of allylic oxidation sites excluding steroid dienone is 1. The van der Waals surface area contributed by atoms with Gasteiger partial charge in [-0.1, -0.05) is 18.2 Å². The van der Waals surface area contributed by atoms with Crippen molar-refractivity contribution in [2.45, 2.75) is 33.7 Å². The van der Waals surface area contributed by atoms with E-state index in [1.54, 1.807) is 29.2 Å². The largest absolute Gasteiger partial charge is 0.492 e. The lowest BCUT2D eigenvalue weighted by atomic mass is 10.1. The van der Waals surface area contributed by atoms with E-state index in [9.17, 15) is 14.4 Å². The molecule has 2 aromatic rings. The molecule has 164 valence electrons. The van der Waals surface area contributed by atoms with Crippen molar-refractivity contribution >= 4 is 23.3 Å². The second-order valence-corrected chi connectivity index (χ2v) is 7.52. The molecule has 0 bridgehead atoms. The summed E-state index contributed by atoms with van der Waals surface area (Å²) < 4.78 is 12.9. The molecule has 1 fully saturated rings. The molecule has 7 heteroatoms. The fourth-order valence-electron chi connectivity index (χ4n) is 3.88. The maximum atomic E-state index is 12.6. The van der Waals surface area contributed by atoms with Crippen LogP contribution in [0, 0.1) is 19.8 Å². The average Bonchev–Trinajstić information content (AvgIpc) is 3.27. The molecular formula is C24H28N2O5. The molecule has 1 aromatic heterocycles. The quantitative estimate of drug-likeness (QED) is 0.350. The summed E-state index contributed by atoms with van der Waals surface area (Å²) in [5, 5.41) is 0. The molecule has 1 atom stereocenters. The van der Waals surface area contributed by atoms with Gasteiger partial charge in [-0.05, 0) is 39.0 Å². The van der Waals surface area contributed by atoms with E-state index in [4.69, 9.17) is 9.47 Å². The summed E-state index contributed by atoms with van der Waals surface area (Å²) in [4.78, 5) is 39.3. The van der Waals surface area contributed by atoms with Crippen molar-refractivity contribution in [1.29, 1.82) is 0 Å². The molecule has 0 radical (unpaired) electrons. The third kappa shape index (κ3) is 4.71. The SMILES string of the molecule is C=CCn1c(C)cc(C(=O)COC(=O)C2CC(=O)N(c3ccccc3OCC)C2)c1C. The summed E-state index contributed by atoms with van der Waals surface area (Å²) in [5.41, 5.74) is 2.92. The molecule has 2 heterocycles. The Hall–Kier alpha value is -3.35. The molecule has 0 saturated carbocycles. The molecular weight excluding hydrogens is 396 g/mol. The van der Waals surface area contributed by atoms with Crippen LogP contribution >= 0.6 is 0 Å². The monoisotopic (exact) mass is 424 g/mol. The lowest BCUT2D eigenvalue weighted by Crippen LogP contribution is -2.27. The minimum absolute atomic E-state index is 0.0430. The predicted molar refractivity (Wildman–Crippen MR) is 117 cm³/mol. The van der Waals surface area contributed by atoms with E-state index in [2.05, 4.69) is 6.58 Å². The third-order valence-corrected chi connectivity index (χ3v) is 5.45. The highest BCUT2D eigenvalue weighted by Crippen LogP contribution is 2.33. The van der Waals surface area contributed by atoms with Crippen LogP contribution in [-0.2, 0) is 20.9 Å². The van der Waals surface area contributed by atoms with Gasteiger partial charge in [0.05, 0.1) is 18.2 Å². The lowest BCUT2D eigenvalue weighted by molar-refractivity contribution is -0.147. The number of ketones is 1. The summed E-state index contributed by atoms with van der Waals surface area (Å²) in [5.74, 6) is -1.01. The zero-order valence-corrected chi connectivity index (χ0v) is 18.2. The Balaban J connectivity index is 1.63. The number of hydrogen-bond donors (Lipinski definition) is 0. The minimum atomic E-state index is -0.622. The number of amides is 1. The Morgan fingerprint density at radius 1 is 1.26 bits per heavy atom. The fourth-order valence-corrected chi connectivity index (χ4v) is 3.88. The molecule has 1 unspecified atom stereocenters. The van der Waals surface area contributed by atoms with Crippen molar-refractivity contribution in [2.75, 3.05) is 24.7 Å². The Kier molecular flexibility index (Phi) is 6.95. The number of para-hydroxylation sites is 2. The lowest BCUT2D eigenvalue weighted by Gasteiger charge is -2.19. The number of carbonyl (C=O) groups is 3. The van der Waals surface area contributed by atoms with Gasteiger partial charge in [0.25, 0.3) is 0 Å². The first-order valence-corrected chi connectivity index (χ1v) is 10.4. The molecule has 7 nitrogen and oxygen atoms in total. The van der Waals surface area contributed by atoms with Gasteiger partial charge < -0.3 is 18.9 Å². The van der Waals surface area contributed by atoms with Gasteiger partial charge in [0.15, 0.2) is 6.61 Å². The summed E-state index contributed by atoms with van der Waals surface area (Å²) in [7, 11) is 0. The maximum Gasteiger partial charge on any atom is 0.311 e. The molecule has 0 spiro atoms. The standard InChI is InChI=1S/C24H28N2O5/c1-5-11-25-16(3)12-19(17(25)4)21(27)15-31-24(29)18-13-23(28)26(14-18)20-9-7-8-10-22(20)30-6-2/h5,7-10,12,18H,1,6,11,13-15H2,2-4H3. The van der Waals surface area contributed by atoms with E-state index in [1.807, 2.05) is 37.5 Å². The number of anilines is 1. The molecule has 0 N–H and O–H groups in total. The first kappa shape index (κ1) is 22.3. The minimum Gasteiger partial charge on any atom is -0.492 e. The molecule has 31 heavy (non-hydrogen) atoms. The van der Waals surface area contributed by atoms with Gasteiger partial charge in [0.2, 0.25) is 11.7 Å². The summed E-state index contributed by atoms with van der Waals surface area (Å²) >= 11 is 0. The van der Waals surface area contributed by atoms with Gasteiger partial charge in [-0.2, -0.15) is 0 Å². The molecule has 3 rings (SSSR count). The van der Waals surface area contributed by atoms with Gasteiger partial charge >= 0.3 is 5.97 Å². The summed E-state index contributed by atoms with van der Waals surface area (Å²) in [6, 6.07) is 9.02. The second kappa shape index (κ2) is 9.64. The first-order valence-electron chi connectivity index (χ1n) is 10.4. The third-order valence-electron chi connectivity index (χ3n) is 5.45. The van der Waals surface area contributed by atoms with E-state index < -0.39 is 11.9 Å². The van der Waals surface area contributed by atoms with Crippen LogP contribution in [-0.4, -0.2) is 42.0 Å². The number of carbonyl (C=O) groups excluding carboxylic acids is 3. The van der Waals surface area contributed by atoms with Gasteiger partial charge in [0, 0.05) is 36.5 Å². The van der Waals surface area contributed by atoms with E-state index in [0.717, 1.165) is 11.4 Å². The Labute approximate surface area is 182 Å². The van der Waals surface area contributed by atoms with Crippen LogP contribution in [0.4, 0.5) is 5.69 Å². The van der Waals surface area contributed by atoms with E-state index in [-0.39, 0.29) is 31.3 Å². The fraction of sp³-hybridized carbons (Fsp3) is 0.375. The van der Waals surface area contributed by atoms with Crippen LogP contribution in [0.25, 0.3) is 0 Å². The normalized spacial score (nSPS) is 15.8. The molecule has 0 aliphatic carbocycles. The van der Waals surface area contributed by atoms with Crippen LogP contribution < -0.4 is 9.64 Å². The molecule has 1 aliphatic heterocycles. The average molecular weight is 424 g/mol. The van der Waals surface area contributed by atoms with Crippen molar-refractivity contribution in [3.8, 4) is 5.75 Å². The van der Waals surface area contributed by atoms with Gasteiger partial charge in [-0.25, -0.2) is 0 Å². The van der Waals surface area contributed by atoms with Crippen molar-refractivity contribution in [3.05, 3.63) is 59.9 Å². The van der Waals surface area contributed by atoms with Gasteiger partial charge in [-0.15, -0.1) is 6.58 Å². The zero-order chi connectivity index (χ0) is 22.5. The van der Waals surface area contributed by atoms with E-state index in [1.165, 1.54) is 0 Å². The topological polar surface area (TPSA) is 77.8 Å². The van der Waals surface area contributed by atoms with Gasteiger partial charge in [-0.3, -0.25) is 14.4 Å². The van der Waals surface area contributed by atoms with Crippen LogP contribution in [0.15, 0.2) is 43.0 Å². The molecule has 1 saturated heterocycles. The highest BCUT2D eigenvalue weighted by molar-refractivity contribution is 6.02. The second-order valence-electron chi connectivity index (χ2n) is 7.52. The number of Topliss-reactive ketones (excluding diaryl/α,β-unsaturated/α-hetero) is 1. The Morgan fingerprint density at radius 3 is 2.71 bits per heavy atom. The van der Waals surface area contributed by atoms with Crippen molar-refractivity contribution < 1.29 is 23.9 Å². The number of ether oxygens (including phenoxy) is 2. The maximum absolute atomic E-state index is 12.6.